The van der Waals surface area contributed by atoms with Crippen LogP contribution in [0.4, 0.5) is 37.7 Å². The Labute approximate surface area is 408 Å². The van der Waals surface area contributed by atoms with Crippen molar-refractivity contribution in [3.05, 3.63) is 131 Å². The molecule has 12 nitrogen and oxygen atoms in total. The molecule has 1 aliphatic rings. The first-order chi connectivity index (χ1) is 32.1. The van der Waals surface area contributed by atoms with Gasteiger partial charge in [0.15, 0.2) is 28.1 Å². The van der Waals surface area contributed by atoms with Gasteiger partial charge in [-0.25, -0.2) is 0 Å². The minimum atomic E-state index is -6.30. The van der Waals surface area contributed by atoms with E-state index in [9.17, 15) is 43.2 Å². The summed E-state index contributed by atoms with van der Waals surface area (Å²) in [4.78, 5) is 33.6. The van der Waals surface area contributed by atoms with Crippen molar-refractivity contribution in [2.75, 3.05) is 9.80 Å². The molecule has 382 valence electrons. The molecule has 0 fully saturated rings. The second-order valence-corrected chi connectivity index (χ2v) is 32.4. The van der Waals surface area contributed by atoms with Gasteiger partial charge in [-0.15, -0.1) is 0 Å². The minimum absolute atomic E-state index is 0.257. The molecule has 0 N–H and O–H groups in total. The van der Waals surface area contributed by atoms with Crippen molar-refractivity contribution in [3.63, 3.8) is 0 Å². The van der Waals surface area contributed by atoms with Crippen LogP contribution in [0.5, 0.6) is 11.5 Å². The molecule has 0 radical (unpaired) electrons. The van der Waals surface area contributed by atoms with Gasteiger partial charge >= 0.3 is 31.3 Å². The predicted molar refractivity (Wildman–Crippen MR) is 260 cm³/mol. The topological polar surface area (TPSA) is 146 Å². The van der Waals surface area contributed by atoms with Gasteiger partial charge < -0.3 is 27.0 Å². The van der Waals surface area contributed by atoms with Crippen LogP contribution in [-0.2, 0) is 51.8 Å². The van der Waals surface area contributed by atoms with E-state index in [4.69, 9.17) is 8.85 Å². The Morgan fingerprint density at radius 1 is 0.514 bits per heavy atom. The summed E-state index contributed by atoms with van der Waals surface area (Å²) in [5, 5.41) is -0.823. The molecule has 0 bridgehead atoms. The highest BCUT2D eigenvalue weighted by Gasteiger charge is 2.52. The van der Waals surface area contributed by atoms with Crippen LogP contribution < -0.4 is 18.2 Å². The van der Waals surface area contributed by atoms with Crippen molar-refractivity contribution < 1.29 is 70.0 Å². The second kappa shape index (κ2) is 20.6. The maximum Gasteiger partial charge on any atom is 0.534 e. The molecule has 2 amide bonds. The number of amides is 2. The van der Waals surface area contributed by atoms with E-state index in [1.165, 1.54) is 36.4 Å². The highest BCUT2D eigenvalue weighted by atomic mass is 32.2. The molecule has 0 saturated heterocycles. The summed E-state index contributed by atoms with van der Waals surface area (Å²) >= 11 is 0. The first-order valence-electron chi connectivity index (χ1n) is 22.1. The first-order valence-corrected chi connectivity index (χ1v) is 30.7. The fourth-order valence-corrected chi connectivity index (χ4v) is 10.5. The van der Waals surface area contributed by atoms with E-state index in [0.29, 0.717) is 11.1 Å². The van der Waals surface area contributed by atoms with Gasteiger partial charge in [0.2, 0.25) is 0 Å². The van der Waals surface area contributed by atoms with Crippen LogP contribution in [0, 0.1) is 0 Å². The number of carbonyl (C=O) groups excluding carboxylic acids is 2. The summed E-state index contributed by atoms with van der Waals surface area (Å²) in [7, 11) is -18.2. The molecule has 0 heterocycles. The van der Waals surface area contributed by atoms with Crippen molar-refractivity contribution >= 4 is 60.1 Å². The molecular formula is C48H58F6N2O10S2Si2. The van der Waals surface area contributed by atoms with E-state index in [1.807, 2.05) is 67.7 Å². The summed E-state index contributed by atoms with van der Waals surface area (Å²) in [5.41, 5.74) is -12.3. The monoisotopic (exact) mass is 1060 g/mol. The number of alkyl halides is 6. The van der Waals surface area contributed by atoms with E-state index in [0.717, 1.165) is 21.9 Å². The van der Waals surface area contributed by atoms with Gasteiger partial charge in [-0.3, -0.25) is 9.59 Å². The Bertz CT molecular complexity index is 2590. The van der Waals surface area contributed by atoms with Gasteiger partial charge in [-0.2, -0.15) is 43.2 Å². The van der Waals surface area contributed by atoms with Crippen molar-refractivity contribution in [1.82, 2.24) is 0 Å². The number of nitrogens with zero attached hydrogens (tertiary/aromatic N) is 2. The number of hydrogen-bond acceptors (Lipinski definition) is 10. The van der Waals surface area contributed by atoms with Crippen LogP contribution in [0.2, 0.25) is 36.3 Å². The third-order valence-corrected chi connectivity index (χ3v) is 23.7. The number of hydrogen-bond donors (Lipinski definition) is 0. The van der Waals surface area contributed by atoms with Gasteiger partial charge in [0, 0.05) is 24.0 Å². The van der Waals surface area contributed by atoms with E-state index >= 15 is 9.59 Å². The maximum absolute atomic E-state index is 15.8. The number of benzene rings is 4. The number of halogens is 6. The smallest absolute Gasteiger partial charge is 0.411 e. The number of carbonyl (C=O) groups is 2. The van der Waals surface area contributed by atoms with Crippen LogP contribution >= 0.6 is 0 Å². The van der Waals surface area contributed by atoms with Crippen molar-refractivity contribution in [2.45, 2.75) is 127 Å². The molecule has 22 heteroatoms. The summed E-state index contributed by atoms with van der Waals surface area (Å²) in [6.07, 6.45) is -2.62. The van der Waals surface area contributed by atoms with E-state index in [2.05, 4.69) is 8.37 Å². The highest BCUT2D eigenvalue weighted by molar-refractivity contribution is 7.88. The predicted octanol–water partition coefficient (Wildman–Crippen LogP) is 11.8. The third-order valence-electron chi connectivity index (χ3n) is 12.7. The lowest BCUT2D eigenvalue weighted by molar-refractivity contribution is -0.119. The zero-order chi connectivity index (χ0) is 52.5. The average Bonchev–Trinajstić information content (AvgIpc) is 3.24. The van der Waals surface area contributed by atoms with Gasteiger partial charge in [0.25, 0.3) is 11.8 Å². The second-order valence-electron chi connectivity index (χ2n) is 19.9. The minimum Gasteiger partial charge on any atom is -0.411 e. The Kier molecular flexibility index (Phi) is 16.5. The average molecular weight is 1060 g/mol. The fraction of sp³-hybridized carbons (Fsp3) is 0.417. The third kappa shape index (κ3) is 12.9. The molecule has 0 spiro atoms. The first kappa shape index (κ1) is 55.9. The fourth-order valence-electron chi connectivity index (χ4n) is 6.91. The van der Waals surface area contributed by atoms with Crippen LogP contribution in [0.25, 0.3) is 0 Å². The van der Waals surface area contributed by atoms with E-state index in [1.54, 1.807) is 60.7 Å². The lowest BCUT2D eigenvalue weighted by Gasteiger charge is -2.47. The number of para-hydroxylation sites is 4. The van der Waals surface area contributed by atoms with Gasteiger partial charge in [0.1, 0.15) is 0 Å². The molecule has 0 aliphatic heterocycles. The van der Waals surface area contributed by atoms with Crippen molar-refractivity contribution in [1.29, 1.82) is 0 Å². The lowest BCUT2D eigenvalue weighted by atomic mass is 9.85. The van der Waals surface area contributed by atoms with Crippen molar-refractivity contribution in [3.8, 4) is 11.5 Å². The molecule has 70 heavy (non-hydrogen) atoms. The quantitative estimate of drug-likeness (QED) is 0.0460. The number of rotatable bonds is 16. The Balaban J connectivity index is 1.87. The molecule has 0 aromatic heterocycles. The molecule has 4 aromatic rings. The molecule has 0 unspecified atom stereocenters. The van der Waals surface area contributed by atoms with Crippen LogP contribution in [-0.4, -0.2) is 68.5 Å². The van der Waals surface area contributed by atoms with E-state index in [-0.39, 0.29) is 24.0 Å². The van der Waals surface area contributed by atoms with Crippen LogP contribution in [0.3, 0.4) is 0 Å². The van der Waals surface area contributed by atoms with Crippen molar-refractivity contribution in [2.24, 2.45) is 0 Å². The zero-order valence-corrected chi connectivity index (χ0v) is 44.1. The normalized spacial score (nSPS) is 16.7. The van der Waals surface area contributed by atoms with Crippen LogP contribution in [0.1, 0.15) is 65.5 Å². The molecule has 1 aliphatic carbocycles. The Morgan fingerprint density at radius 3 is 1.09 bits per heavy atom. The highest BCUT2D eigenvalue weighted by Crippen LogP contribution is 2.46. The standard InChI is InChI=1S/C48H58F6N2O10S2Si2/c1-45(2,3)69(7,8)65-41-29-35(43(57)55(31-33-21-13-11-14-22-33)37-25-17-19-27-39(37)63-67(59,60)47(49,50)51)36(30-42(41)66-70(9,10)46(4,5)6)44(58)56(32-34-23-15-12-16-24-34)38-26-18-20-28-40(38)64-68(61,62)48(52,53)54/h11-28,41-42H,29-32H2,1-10H3/t41-,42-/m0/s1. The molecular weight excluding hydrogens is 999 g/mol. The Morgan fingerprint density at radius 2 is 0.800 bits per heavy atom. The van der Waals surface area contributed by atoms with Gasteiger partial charge in [-0.05, 0) is 71.7 Å². The summed E-state index contributed by atoms with van der Waals surface area (Å²) < 4.78 is 157. The summed E-state index contributed by atoms with van der Waals surface area (Å²) in [6, 6.07) is 25.6. The largest absolute Gasteiger partial charge is 0.534 e. The van der Waals surface area contributed by atoms with E-state index < -0.39 is 118 Å². The summed E-state index contributed by atoms with van der Waals surface area (Å²) in [5.74, 6) is -3.73. The lowest BCUT2D eigenvalue weighted by Crippen LogP contribution is -2.54. The zero-order valence-electron chi connectivity index (χ0n) is 40.4. The molecule has 0 saturated carbocycles. The van der Waals surface area contributed by atoms with Gasteiger partial charge in [0.05, 0.1) is 36.7 Å². The summed E-state index contributed by atoms with van der Waals surface area (Å²) in [6.45, 7) is 19.1. The van der Waals surface area contributed by atoms with Gasteiger partial charge in [-0.1, -0.05) is 126 Å². The van der Waals surface area contributed by atoms with Crippen LogP contribution in [0.15, 0.2) is 120 Å². The maximum atomic E-state index is 15.8. The molecule has 5 rings (SSSR count). The molecule has 4 aromatic carbocycles. The molecule has 2 atom stereocenters. The number of anilines is 2. The Hall–Kier alpha value is -5.01. The SMILES string of the molecule is CC(C)(C)[Si](C)(C)O[C@H]1CC(C(=O)N(Cc2ccccc2)c2ccccc2OS(=O)(=O)C(F)(F)F)=C(C(=O)N(Cc2ccccc2)c2ccccc2OS(=O)(=O)C(F)(F)F)C[C@@H]1O[Si](C)(C)C(C)(C)C.